The highest BCUT2D eigenvalue weighted by atomic mass is 127. The van der Waals surface area contributed by atoms with Crippen LogP contribution in [0.4, 0.5) is 10.6 Å². The molecule has 2 aromatic rings. The van der Waals surface area contributed by atoms with E-state index in [0.29, 0.717) is 24.6 Å². The van der Waals surface area contributed by atoms with Crippen LogP contribution in [0.1, 0.15) is 39.7 Å². The Morgan fingerprint density at radius 3 is 2.81 bits per heavy atom. The van der Waals surface area contributed by atoms with Gasteiger partial charge >= 0.3 is 6.09 Å². The van der Waals surface area contributed by atoms with Crippen LogP contribution in [-0.4, -0.2) is 62.6 Å². The third kappa shape index (κ3) is 4.26. The number of hydrogen-bond donors (Lipinski definition) is 1. The molecule has 1 aliphatic heterocycles. The van der Waals surface area contributed by atoms with E-state index in [1.807, 2.05) is 25.5 Å². The molecule has 0 saturated carbocycles. The quantitative estimate of drug-likeness (QED) is 0.660. The van der Waals surface area contributed by atoms with Crippen LogP contribution < -0.4 is 5.73 Å². The Morgan fingerprint density at radius 1 is 1.41 bits per heavy atom. The van der Waals surface area contributed by atoms with E-state index in [1.54, 1.807) is 12.0 Å². The van der Waals surface area contributed by atoms with Gasteiger partial charge in [0.15, 0.2) is 5.65 Å². The van der Waals surface area contributed by atoms with Crippen molar-refractivity contribution in [2.75, 3.05) is 26.0 Å². The van der Waals surface area contributed by atoms with Crippen molar-refractivity contribution in [1.82, 2.24) is 24.6 Å². The molecular formula is C17H25IN6O3. The van der Waals surface area contributed by atoms with Crippen molar-refractivity contribution >= 4 is 45.5 Å². The van der Waals surface area contributed by atoms with Crippen molar-refractivity contribution < 1.29 is 14.3 Å². The fraction of sp³-hybridized carbons (Fsp3) is 0.647. The second-order valence-electron chi connectivity index (χ2n) is 7.65. The summed E-state index contributed by atoms with van der Waals surface area (Å²) >= 11 is 2.14. The zero-order chi connectivity index (χ0) is 19.8. The van der Waals surface area contributed by atoms with Gasteiger partial charge in [-0.3, -0.25) is 0 Å². The largest absolute Gasteiger partial charge is 0.444 e. The van der Waals surface area contributed by atoms with E-state index in [9.17, 15) is 4.79 Å². The van der Waals surface area contributed by atoms with E-state index < -0.39 is 5.60 Å². The van der Waals surface area contributed by atoms with E-state index >= 15 is 0 Å². The van der Waals surface area contributed by atoms with Gasteiger partial charge in [-0.25, -0.2) is 19.4 Å². The lowest BCUT2D eigenvalue weighted by atomic mass is 10.1. The number of ether oxygens (including phenoxy) is 2. The zero-order valence-corrected chi connectivity index (χ0v) is 18.1. The van der Waals surface area contributed by atoms with Crippen molar-refractivity contribution in [1.29, 1.82) is 0 Å². The summed E-state index contributed by atoms with van der Waals surface area (Å²) in [6.07, 6.45) is 2.61. The zero-order valence-electron chi connectivity index (χ0n) is 16.0. The van der Waals surface area contributed by atoms with Crippen LogP contribution in [-0.2, 0) is 9.47 Å². The van der Waals surface area contributed by atoms with Gasteiger partial charge in [0.25, 0.3) is 0 Å². The standard InChI is InChI=1S/C17H25IN6O3/c1-17(2,3)27-16(25)23-8-11(7-10(23)5-6-26-4)24-15-12(13(18)22-24)14(19)20-9-21-15/h9-11H,5-8H2,1-4H3,(H2,19,20,21)/t10-,11-/m0/s1. The lowest BCUT2D eigenvalue weighted by Crippen LogP contribution is -2.40. The van der Waals surface area contributed by atoms with Gasteiger partial charge in [-0.15, -0.1) is 0 Å². The summed E-state index contributed by atoms with van der Waals surface area (Å²) in [6.45, 7) is 6.67. The van der Waals surface area contributed by atoms with Crippen molar-refractivity contribution in [2.45, 2.75) is 51.3 Å². The first-order valence-electron chi connectivity index (χ1n) is 8.84. The highest BCUT2D eigenvalue weighted by Crippen LogP contribution is 2.34. The summed E-state index contributed by atoms with van der Waals surface area (Å²) in [5, 5.41) is 5.38. The van der Waals surface area contributed by atoms with Gasteiger partial charge in [0.1, 0.15) is 21.4 Å². The Balaban J connectivity index is 1.90. The Morgan fingerprint density at radius 2 is 2.15 bits per heavy atom. The molecule has 0 spiro atoms. The van der Waals surface area contributed by atoms with Crippen LogP contribution in [0.15, 0.2) is 6.33 Å². The molecule has 0 aliphatic carbocycles. The number of nitrogen functional groups attached to an aromatic ring is 1. The average Bonchev–Trinajstić information content (AvgIpc) is 3.13. The lowest BCUT2D eigenvalue weighted by Gasteiger charge is -2.28. The average molecular weight is 488 g/mol. The molecule has 10 heteroatoms. The molecule has 2 atom stereocenters. The van der Waals surface area contributed by atoms with E-state index in [4.69, 9.17) is 15.2 Å². The van der Waals surface area contributed by atoms with Crippen LogP contribution in [0.2, 0.25) is 0 Å². The molecule has 0 radical (unpaired) electrons. The maximum Gasteiger partial charge on any atom is 0.410 e. The number of rotatable bonds is 4. The van der Waals surface area contributed by atoms with Crippen molar-refractivity contribution in [3.8, 4) is 0 Å². The molecule has 9 nitrogen and oxygen atoms in total. The van der Waals surface area contributed by atoms with Crippen LogP contribution in [0.25, 0.3) is 11.0 Å². The molecule has 2 N–H and O–H groups in total. The summed E-state index contributed by atoms with van der Waals surface area (Å²) in [6, 6.07) is 0.000542. The number of amides is 1. The number of fused-ring (bicyclic) bond motifs is 1. The molecule has 148 valence electrons. The molecule has 3 heterocycles. The summed E-state index contributed by atoms with van der Waals surface area (Å²) in [4.78, 5) is 22.9. The lowest BCUT2D eigenvalue weighted by molar-refractivity contribution is 0.0197. The molecule has 1 saturated heterocycles. The van der Waals surface area contributed by atoms with Gasteiger partial charge in [0, 0.05) is 26.3 Å². The predicted molar refractivity (Wildman–Crippen MR) is 109 cm³/mol. The fourth-order valence-electron chi connectivity index (χ4n) is 3.35. The molecular weight excluding hydrogens is 463 g/mol. The summed E-state index contributed by atoms with van der Waals surface area (Å²) in [7, 11) is 1.66. The van der Waals surface area contributed by atoms with E-state index in [-0.39, 0.29) is 18.2 Å². The SMILES string of the molecule is COCC[C@H]1C[C@H](n2nc(I)c3c(N)ncnc32)CN1C(=O)OC(C)(C)C. The molecule has 0 aromatic carbocycles. The second-order valence-corrected chi connectivity index (χ2v) is 8.67. The summed E-state index contributed by atoms with van der Waals surface area (Å²) < 4.78 is 13.4. The van der Waals surface area contributed by atoms with E-state index in [2.05, 4.69) is 37.7 Å². The van der Waals surface area contributed by atoms with Gasteiger partial charge in [0.2, 0.25) is 0 Å². The number of aromatic nitrogens is 4. The minimum atomic E-state index is -0.545. The van der Waals surface area contributed by atoms with E-state index in [1.165, 1.54) is 6.33 Å². The molecule has 27 heavy (non-hydrogen) atoms. The first-order chi connectivity index (χ1) is 12.7. The minimum absolute atomic E-state index is 0.0142. The Kier molecular flexibility index (Phi) is 5.75. The Labute approximate surface area is 171 Å². The van der Waals surface area contributed by atoms with Crippen LogP contribution in [0.3, 0.4) is 0 Å². The molecule has 0 bridgehead atoms. The highest BCUT2D eigenvalue weighted by Gasteiger charge is 2.39. The number of anilines is 1. The fourth-order valence-corrected chi connectivity index (χ4v) is 4.10. The number of nitrogens with zero attached hydrogens (tertiary/aromatic N) is 5. The van der Waals surface area contributed by atoms with Crippen molar-refractivity contribution in [3.05, 3.63) is 10.0 Å². The molecule has 0 unspecified atom stereocenters. The maximum atomic E-state index is 12.7. The highest BCUT2D eigenvalue weighted by molar-refractivity contribution is 14.1. The smallest absolute Gasteiger partial charge is 0.410 e. The van der Waals surface area contributed by atoms with Gasteiger partial charge in [0.05, 0.1) is 11.4 Å². The minimum Gasteiger partial charge on any atom is -0.444 e. The van der Waals surface area contributed by atoms with Crippen LogP contribution in [0.5, 0.6) is 0 Å². The molecule has 1 aliphatic rings. The number of likely N-dealkylation sites (tertiary alicyclic amines) is 1. The third-order valence-corrected chi connectivity index (χ3v) is 5.25. The van der Waals surface area contributed by atoms with Crippen LogP contribution >= 0.6 is 22.6 Å². The number of halogens is 1. The summed E-state index contributed by atoms with van der Waals surface area (Å²) in [5.41, 5.74) is 6.14. The number of carbonyl (C=O) groups is 1. The van der Waals surface area contributed by atoms with Gasteiger partial charge < -0.3 is 20.1 Å². The molecule has 1 amide bonds. The van der Waals surface area contributed by atoms with Gasteiger partial charge in [-0.05, 0) is 56.2 Å². The van der Waals surface area contributed by atoms with Crippen molar-refractivity contribution in [3.63, 3.8) is 0 Å². The predicted octanol–water partition coefficient (Wildman–Crippen LogP) is 2.60. The van der Waals surface area contributed by atoms with Gasteiger partial charge in [-0.1, -0.05) is 0 Å². The molecule has 3 rings (SSSR count). The monoisotopic (exact) mass is 488 g/mol. The number of methoxy groups -OCH3 is 1. The normalized spacial score (nSPS) is 20.4. The molecule has 2 aromatic heterocycles. The topological polar surface area (TPSA) is 108 Å². The Hall–Kier alpha value is -1.69. The van der Waals surface area contributed by atoms with E-state index in [0.717, 1.165) is 21.9 Å². The van der Waals surface area contributed by atoms with Crippen LogP contribution in [0, 0.1) is 3.70 Å². The van der Waals surface area contributed by atoms with Crippen molar-refractivity contribution in [2.24, 2.45) is 0 Å². The third-order valence-electron chi connectivity index (χ3n) is 4.50. The maximum absolute atomic E-state index is 12.7. The first-order valence-corrected chi connectivity index (χ1v) is 9.92. The van der Waals surface area contributed by atoms with Gasteiger partial charge in [-0.2, -0.15) is 5.10 Å². The first kappa shape index (κ1) is 20.1. The number of nitrogens with two attached hydrogens (primary N) is 1. The molecule has 1 fully saturated rings. The summed E-state index contributed by atoms with van der Waals surface area (Å²) in [5.74, 6) is 0.411. The number of carbonyl (C=O) groups excluding carboxylic acids is 1. The Bertz CT molecular complexity index is 834. The number of hydrogen-bond acceptors (Lipinski definition) is 7. The second kappa shape index (κ2) is 7.74.